The summed E-state index contributed by atoms with van der Waals surface area (Å²) in [7, 11) is 0. The molecule has 0 bridgehead atoms. The number of nitrogens with one attached hydrogen (secondary N) is 1. The van der Waals surface area contributed by atoms with Crippen molar-refractivity contribution in [1.82, 2.24) is 14.9 Å². The van der Waals surface area contributed by atoms with Crippen molar-refractivity contribution >= 4 is 11.6 Å². The fraction of sp³-hybridized carbons (Fsp3) is 0.167. The van der Waals surface area contributed by atoms with Crippen LogP contribution in [0.2, 0.25) is 5.02 Å². The van der Waals surface area contributed by atoms with Gasteiger partial charge in [-0.2, -0.15) is 0 Å². The van der Waals surface area contributed by atoms with Crippen molar-refractivity contribution in [2.75, 3.05) is 6.54 Å². The number of hydrogen-bond donors (Lipinski definition) is 1. The monoisotopic (exact) mass is 417 g/mol. The van der Waals surface area contributed by atoms with E-state index in [4.69, 9.17) is 21.0 Å². The molecule has 0 atom stereocenters. The van der Waals surface area contributed by atoms with Crippen molar-refractivity contribution in [1.29, 1.82) is 0 Å². The summed E-state index contributed by atoms with van der Waals surface area (Å²) in [6.07, 6.45) is 0.740. The number of aromatic nitrogens is 2. The quantitative estimate of drug-likeness (QED) is 0.512. The van der Waals surface area contributed by atoms with E-state index < -0.39 is 0 Å². The lowest BCUT2D eigenvalue weighted by molar-refractivity contribution is 0.223. The molecule has 5 nitrogen and oxygen atoms in total. The zero-order valence-corrected chi connectivity index (χ0v) is 17.0. The smallest absolute Gasteiger partial charge is 0.255 e. The van der Waals surface area contributed by atoms with E-state index in [0.717, 1.165) is 46.9 Å². The Balaban J connectivity index is 1.33. The van der Waals surface area contributed by atoms with Gasteiger partial charge in [-0.15, -0.1) is 0 Å². The van der Waals surface area contributed by atoms with E-state index in [1.807, 2.05) is 66.7 Å². The van der Waals surface area contributed by atoms with Crippen LogP contribution in [0.1, 0.15) is 17.0 Å². The van der Waals surface area contributed by atoms with Gasteiger partial charge in [0.1, 0.15) is 17.3 Å². The van der Waals surface area contributed by atoms with Crippen LogP contribution >= 0.6 is 11.6 Å². The van der Waals surface area contributed by atoms with Gasteiger partial charge in [0.2, 0.25) is 0 Å². The Kier molecular flexibility index (Phi) is 4.99. The Labute approximate surface area is 179 Å². The van der Waals surface area contributed by atoms with Crippen LogP contribution in [0.15, 0.2) is 75.9 Å². The molecule has 0 unspecified atom stereocenters. The maximum absolute atomic E-state index is 12.7. The molecule has 0 saturated carbocycles. The summed E-state index contributed by atoms with van der Waals surface area (Å²) < 4.78 is 6.02. The fourth-order valence-electron chi connectivity index (χ4n) is 3.80. The molecular formula is C24H20ClN3O2. The van der Waals surface area contributed by atoms with Gasteiger partial charge < -0.3 is 9.40 Å². The molecule has 2 aromatic heterocycles. The number of nitrogens with zero attached hydrogens (tertiary/aromatic N) is 2. The predicted octanol–water partition coefficient (Wildman–Crippen LogP) is 4.91. The molecule has 6 heteroatoms. The third kappa shape index (κ3) is 3.82. The van der Waals surface area contributed by atoms with Crippen molar-refractivity contribution in [3.63, 3.8) is 0 Å². The molecule has 2 aromatic carbocycles. The highest BCUT2D eigenvalue weighted by Gasteiger charge is 2.22. The Morgan fingerprint density at radius 3 is 2.60 bits per heavy atom. The van der Waals surface area contributed by atoms with Crippen molar-refractivity contribution in [3.05, 3.63) is 99.1 Å². The van der Waals surface area contributed by atoms with Gasteiger partial charge in [-0.1, -0.05) is 41.9 Å². The molecule has 30 heavy (non-hydrogen) atoms. The third-order valence-corrected chi connectivity index (χ3v) is 5.62. The lowest BCUT2D eigenvalue weighted by Gasteiger charge is -2.26. The summed E-state index contributed by atoms with van der Waals surface area (Å²) in [5, 5.41) is 0.701. The molecule has 4 aromatic rings. The predicted molar refractivity (Wildman–Crippen MR) is 117 cm³/mol. The van der Waals surface area contributed by atoms with Gasteiger partial charge in [0, 0.05) is 35.7 Å². The second-order valence-electron chi connectivity index (χ2n) is 7.44. The third-order valence-electron chi connectivity index (χ3n) is 5.36. The SMILES string of the molecule is O=c1[nH]c(-c2ccccc2)nc2c1CN(Cc1ccc(-c3ccc(Cl)cc3)o1)CC2. The van der Waals surface area contributed by atoms with Crippen LogP contribution in [0, 0.1) is 0 Å². The summed E-state index contributed by atoms with van der Waals surface area (Å²) >= 11 is 5.96. The first-order valence-electron chi connectivity index (χ1n) is 9.90. The van der Waals surface area contributed by atoms with Crippen LogP contribution in [0.4, 0.5) is 0 Å². The molecule has 5 rings (SSSR count). The highest BCUT2D eigenvalue weighted by molar-refractivity contribution is 6.30. The summed E-state index contributed by atoms with van der Waals surface area (Å²) in [6, 6.07) is 21.3. The van der Waals surface area contributed by atoms with Crippen LogP contribution in [-0.2, 0) is 19.5 Å². The number of halogens is 1. The van der Waals surface area contributed by atoms with Gasteiger partial charge >= 0.3 is 0 Å². The van der Waals surface area contributed by atoms with Gasteiger partial charge in [-0.25, -0.2) is 4.98 Å². The molecule has 0 aliphatic carbocycles. The average molecular weight is 418 g/mol. The molecule has 0 fully saturated rings. The number of aromatic amines is 1. The van der Waals surface area contributed by atoms with Crippen molar-refractivity contribution in [3.8, 4) is 22.7 Å². The Morgan fingerprint density at radius 1 is 1.00 bits per heavy atom. The first-order chi connectivity index (χ1) is 14.7. The van der Waals surface area contributed by atoms with Gasteiger partial charge in [0.15, 0.2) is 0 Å². The maximum Gasteiger partial charge on any atom is 0.255 e. The van der Waals surface area contributed by atoms with E-state index in [0.29, 0.717) is 23.9 Å². The van der Waals surface area contributed by atoms with Crippen LogP contribution in [0.25, 0.3) is 22.7 Å². The molecule has 0 radical (unpaired) electrons. The molecule has 3 heterocycles. The molecule has 0 saturated heterocycles. The molecule has 1 aliphatic heterocycles. The van der Waals surface area contributed by atoms with E-state index in [-0.39, 0.29) is 5.56 Å². The molecule has 0 amide bonds. The highest BCUT2D eigenvalue weighted by atomic mass is 35.5. The van der Waals surface area contributed by atoms with Crippen LogP contribution in [-0.4, -0.2) is 21.4 Å². The zero-order chi connectivity index (χ0) is 20.5. The van der Waals surface area contributed by atoms with Gasteiger partial charge in [-0.05, 0) is 36.4 Å². The van der Waals surface area contributed by atoms with E-state index >= 15 is 0 Å². The van der Waals surface area contributed by atoms with E-state index in [2.05, 4.69) is 9.88 Å². The first-order valence-corrected chi connectivity index (χ1v) is 10.3. The largest absolute Gasteiger partial charge is 0.460 e. The van der Waals surface area contributed by atoms with Gasteiger partial charge in [0.25, 0.3) is 5.56 Å². The van der Waals surface area contributed by atoms with Crippen molar-refractivity contribution in [2.24, 2.45) is 0 Å². The zero-order valence-electron chi connectivity index (χ0n) is 16.3. The van der Waals surface area contributed by atoms with Crippen LogP contribution in [0.3, 0.4) is 0 Å². The first kappa shape index (κ1) is 18.9. The summed E-state index contributed by atoms with van der Waals surface area (Å²) in [6.45, 7) is 2.03. The van der Waals surface area contributed by atoms with Crippen LogP contribution < -0.4 is 5.56 Å². The minimum Gasteiger partial charge on any atom is -0.460 e. The van der Waals surface area contributed by atoms with E-state index in [1.54, 1.807) is 0 Å². The van der Waals surface area contributed by atoms with Crippen molar-refractivity contribution in [2.45, 2.75) is 19.5 Å². The van der Waals surface area contributed by atoms with Crippen LogP contribution in [0.5, 0.6) is 0 Å². The van der Waals surface area contributed by atoms with Crippen molar-refractivity contribution < 1.29 is 4.42 Å². The average Bonchev–Trinajstić information content (AvgIpc) is 3.23. The number of benzene rings is 2. The number of fused-ring (bicyclic) bond motifs is 1. The van der Waals surface area contributed by atoms with E-state index in [1.165, 1.54) is 0 Å². The minimum atomic E-state index is -0.0650. The summed E-state index contributed by atoms with van der Waals surface area (Å²) in [5.41, 5.74) is 3.47. The number of furan rings is 1. The Hall–Kier alpha value is -3.15. The second kappa shape index (κ2) is 7.94. The van der Waals surface area contributed by atoms with E-state index in [9.17, 15) is 4.79 Å². The summed E-state index contributed by atoms with van der Waals surface area (Å²) in [4.78, 5) is 22.6. The molecular weight excluding hydrogens is 398 g/mol. The van der Waals surface area contributed by atoms with Gasteiger partial charge in [0.05, 0.1) is 17.8 Å². The number of hydrogen-bond acceptors (Lipinski definition) is 4. The minimum absolute atomic E-state index is 0.0650. The molecule has 1 N–H and O–H groups in total. The Morgan fingerprint density at radius 2 is 1.80 bits per heavy atom. The lowest BCUT2D eigenvalue weighted by Crippen LogP contribution is -2.35. The van der Waals surface area contributed by atoms with Gasteiger partial charge in [-0.3, -0.25) is 9.69 Å². The molecule has 0 spiro atoms. The fourth-order valence-corrected chi connectivity index (χ4v) is 3.93. The topological polar surface area (TPSA) is 62.1 Å². The highest BCUT2D eigenvalue weighted by Crippen LogP contribution is 2.26. The summed E-state index contributed by atoms with van der Waals surface area (Å²) in [5.74, 6) is 2.31. The second-order valence-corrected chi connectivity index (χ2v) is 7.88. The number of rotatable bonds is 4. The lowest BCUT2D eigenvalue weighted by atomic mass is 10.1. The normalized spacial score (nSPS) is 13.9. The molecule has 1 aliphatic rings. The maximum atomic E-state index is 12.7. The number of H-pyrrole nitrogens is 1. The molecule has 150 valence electrons. The standard InChI is InChI=1S/C24H20ClN3O2/c25-18-8-6-16(7-9-18)22-11-10-19(30-22)14-28-13-12-21-20(15-28)24(29)27-23(26-21)17-4-2-1-3-5-17/h1-11H,12-15H2,(H,26,27,29). The Bertz CT molecular complexity index is 1230.